The Morgan fingerprint density at radius 3 is 2.69 bits per heavy atom. The Kier molecular flexibility index (Phi) is 5.95. The zero-order valence-corrected chi connectivity index (χ0v) is 17.2. The van der Waals surface area contributed by atoms with Crippen molar-refractivity contribution in [2.24, 2.45) is 0 Å². The summed E-state index contributed by atoms with van der Waals surface area (Å²) >= 11 is 5.77. The lowest BCUT2D eigenvalue weighted by Crippen LogP contribution is -2.24. The van der Waals surface area contributed by atoms with Crippen LogP contribution in [-0.2, 0) is 13.1 Å². The highest BCUT2D eigenvalue weighted by Crippen LogP contribution is 2.21. The molecule has 0 spiro atoms. The van der Waals surface area contributed by atoms with Crippen molar-refractivity contribution in [2.75, 3.05) is 5.32 Å². The lowest BCUT2D eigenvalue weighted by Gasteiger charge is -2.07. The predicted octanol–water partition coefficient (Wildman–Crippen LogP) is 3.39. The van der Waals surface area contributed by atoms with Crippen LogP contribution in [0.5, 0.6) is 0 Å². The van der Waals surface area contributed by atoms with E-state index in [1.54, 1.807) is 18.2 Å². The molecular weight excluding hydrogens is 439 g/mol. The Labute approximate surface area is 185 Å². The standard InChI is InChI=1S/C21H16ClFN6O3/c22-14-7-12(4-5-15(14)23)9-25-20(30)18-16-17(26-10-27-18)19(29-28-16)24-8-11-2-1-3-13(6-11)21(31)32/h1-7,10H,8-9H2,(H,25,30)(H,31,32)(H2,24,28,29). The number of carbonyl (C=O) groups excluding carboxylic acids is 1. The summed E-state index contributed by atoms with van der Waals surface area (Å²) < 4.78 is 13.3. The zero-order chi connectivity index (χ0) is 22.7. The van der Waals surface area contributed by atoms with Gasteiger partial charge >= 0.3 is 5.97 Å². The number of aromatic carboxylic acids is 1. The number of hydrogen-bond donors (Lipinski definition) is 4. The average Bonchev–Trinajstić information content (AvgIpc) is 3.21. The molecule has 4 rings (SSSR count). The second-order valence-electron chi connectivity index (χ2n) is 6.81. The number of aromatic amines is 1. The first-order valence-corrected chi connectivity index (χ1v) is 9.77. The number of hydrogen-bond acceptors (Lipinski definition) is 6. The largest absolute Gasteiger partial charge is 0.478 e. The molecule has 0 saturated carbocycles. The van der Waals surface area contributed by atoms with Crippen molar-refractivity contribution in [1.29, 1.82) is 0 Å². The van der Waals surface area contributed by atoms with Gasteiger partial charge in [0.05, 0.1) is 10.6 Å². The van der Waals surface area contributed by atoms with E-state index in [0.717, 1.165) is 5.56 Å². The molecule has 0 aliphatic heterocycles. The number of carboxylic acid groups (broad SMARTS) is 1. The Morgan fingerprint density at radius 1 is 1.09 bits per heavy atom. The molecule has 0 aliphatic carbocycles. The van der Waals surface area contributed by atoms with Gasteiger partial charge in [0.1, 0.15) is 23.2 Å². The van der Waals surface area contributed by atoms with E-state index in [9.17, 15) is 14.0 Å². The van der Waals surface area contributed by atoms with Crippen LogP contribution in [0.15, 0.2) is 48.8 Å². The van der Waals surface area contributed by atoms with Crippen LogP contribution < -0.4 is 10.6 Å². The summed E-state index contributed by atoms with van der Waals surface area (Å²) in [5.74, 6) is -1.63. The maximum atomic E-state index is 13.3. The first-order valence-electron chi connectivity index (χ1n) is 9.39. The van der Waals surface area contributed by atoms with Crippen LogP contribution >= 0.6 is 11.6 Å². The smallest absolute Gasteiger partial charge is 0.335 e. The van der Waals surface area contributed by atoms with Crippen LogP contribution in [0.1, 0.15) is 32.0 Å². The van der Waals surface area contributed by atoms with Gasteiger partial charge < -0.3 is 15.7 Å². The normalized spacial score (nSPS) is 10.8. The summed E-state index contributed by atoms with van der Waals surface area (Å²) in [6.07, 6.45) is 1.25. The van der Waals surface area contributed by atoms with Crippen molar-refractivity contribution in [3.63, 3.8) is 0 Å². The molecular formula is C21H16ClFN6O3. The van der Waals surface area contributed by atoms with Gasteiger partial charge in [-0.2, -0.15) is 5.10 Å². The minimum atomic E-state index is -1.01. The van der Waals surface area contributed by atoms with E-state index in [0.29, 0.717) is 29.0 Å². The lowest BCUT2D eigenvalue weighted by atomic mass is 10.1. The summed E-state index contributed by atoms with van der Waals surface area (Å²) in [6.45, 7) is 0.432. The number of halogens is 2. The summed E-state index contributed by atoms with van der Waals surface area (Å²) in [5, 5.41) is 21.8. The fourth-order valence-electron chi connectivity index (χ4n) is 3.05. The number of aromatic nitrogens is 4. The quantitative estimate of drug-likeness (QED) is 0.336. The zero-order valence-electron chi connectivity index (χ0n) is 16.4. The third kappa shape index (κ3) is 4.49. The molecule has 0 atom stereocenters. The molecule has 162 valence electrons. The van der Waals surface area contributed by atoms with Gasteiger partial charge in [-0.1, -0.05) is 29.8 Å². The number of carbonyl (C=O) groups is 2. The number of carboxylic acids is 1. The number of nitrogens with zero attached hydrogens (tertiary/aromatic N) is 3. The van der Waals surface area contributed by atoms with Crippen LogP contribution in [0.3, 0.4) is 0 Å². The number of H-pyrrole nitrogens is 1. The van der Waals surface area contributed by atoms with Crippen molar-refractivity contribution in [2.45, 2.75) is 13.1 Å². The van der Waals surface area contributed by atoms with Crippen LogP contribution in [-0.4, -0.2) is 37.1 Å². The SMILES string of the molecule is O=C(O)c1cccc(CNc2n[nH]c3c(C(=O)NCc4ccc(F)c(Cl)c4)ncnc23)c1. The monoisotopic (exact) mass is 454 g/mol. The number of nitrogens with one attached hydrogen (secondary N) is 3. The van der Waals surface area contributed by atoms with Gasteiger partial charge in [0.15, 0.2) is 11.5 Å². The van der Waals surface area contributed by atoms with E-state index >= 15 is 0 Å². The van der Waals surface area contributed by atoms with Crippen LogP contribution in [0.25, 0.3) is 11.0 Å². The van der Waals surface area contributed by atoms with Gasteiger partial charge in [-0.3, -0.25) is 9.89 Å². The predicted molar refractivity (Wildman–Crippen MR) is 115 cm³/mol. The Hall–Kier alpha value is -4.05. The van der Waals surface area contributed by atoms with Gasteiger partial charge in [0.25, 0.3) is 5.91 Å². The van der Waals surface area contributed by atoms with E-state index in [4.69, 9.17) is 16.7 Å². The maximum absolute atomic E-state index is 13.3. The third-order valence-corrected chi connectivity index (χ3v) is 4.93. The minimum absolute atomic E-state index is 0.0284. The maximum Gasteiger partial charge on any atom is 0.335 e. The second-order valence-corrected chi connectivity index (χ2v) is 7.22. The van der Waals surface area contributed by atoms with Crippen molar-refractivity contribution in [3.8, 4) is 0 Å². The third-order valence-electron chi connectivity index (χ3n) is 4.64. The van der Waals surface area contributed by atoms with Crippen LogP contribution in [0, 0.1) is 5.82 Å². The molecule has 0 bridgehead atoms. The van der Waals surface area contributed by atoms with E-state index < -0.39 is 17.7 Å². The molecule has 1 amide bonds. The van der Waals surface area contributed by atoms with Crippen LogP contribution in [0.4, 0.5) is 10.2 Å². The highest BCUT2D eigenvalue weighted by molar-refractivity contribution is 6.30. The Bertz CT molecular complexity index is 1330. The molecule has 32 heavy (non-hydrogen) atoms. The molecule has 0 fully saturated rings. The van der Waals surface area contributed by atoms with Crippen molar-refractivity contribution < 1.29 is 19.1 Å². The van der Waals surface area contributed by atoms with Gasteiger partial charge in [0, 0.05) is 13.1 Å². The molecule has 0 unspecified atom stereocenters. The Balaban J connectivity index is 1.48. The van der Waals surface area contributed by atoms with Gasteiger partial charge in [-0.15, -0.1) is 0 Å². The van der Waals surface area contributed by atoms with E-state index in [1.807, 2.05) is 0 Å². The van der Waals surface area contributed by atoms with Crippen LogP contribution in [0.2, 0.25) is 5.02 Å². The number of benzene rings is 2. The van der Waals surface area contributed by atoms with Crippen molar-refractivity contribution >= 4 is 40.3 Å². The number of rotatable bonds is 7. The number of amides is 1. The fraction of sp³-hybridized carbons (Fsp3) is 0.0952. The van der Waals surface area contributed by atoms with Crippen molar-refractivity contribution in [1.82, 2.24) is 25.5 Å². The molecule has 0 aliphatic rings. The molecule has 4 aromatic rings. The molecule has 0 radical (unpaired) electrons. The highest BCUT2D eigenvalue weighted by atomic mass is 35.5. The highest BCUT2D eigenvalue weighted by Gasteiger charge is 2.17. The lowest BCUT2D eigenvalue weighted by molar-refractivity contribution is 0.0696. The average molecular weight is 455 g/mol. The molecule has 2 heterocycles. The molecule has 0 saturated heterocycles. The second kappa shape index (κ2) is 8.98. The summed E-state index contributed by atoms with van der Waals surface area (Å²) in [6, 6.07) is 10.7. The van der Waals surface area contributed by atoms with Gasteiger partial charge in [-0.05, 0) is 35.4 Å². The summed E-state index contributed by atoms with van der Waals surface area (Å²) in [5.41, 5.74) is 2.39. The van der Waals surface area contributed by atoms with Gasteiger partial charge in [-0.25, -0.2) is 19.2 Å². The molecule has 4 N–H and O–H groups in total. The van der Waals surface area contributed by atoms with E-state index in [2.05, 4.69) is 30.8 Å². The number of anilines is 1. The fourth-order valence-corrected chi connectivity index (χ4v) is 3.25. The molecule has 2 aromatic carbocycles. The molecule has 9 nitrogen and oxygen atoms in total. The first kappa shape index (κ1) is 21.2. The summed E-state index contributed by atoms with van der Waals surface area (Å²) in [4.78, 5) is 32.0. The summed E-state index contributed by atoms with van der Waals surface area (Å²) in [7, 11) is 0. The van der Waals surface area contributed by atoms with E-state index in [1.165, 1.54) is 30.6 Å². The topological polar surface area (TPSA) is 133 Å². The van der Waals surface area contributed by atoms with Gasteiger partial charge in [0.2, 0.25) is 0 Å². The van der Waals surface area contributed by atoms with E-state index in [-0.39, 0.29) is 22.8 Å². The first-order chi connectivity index (χ1) is 15.4. The Morgan fingerprint density at radius 2 is 1.91 bits per heavy atom. The van der Waals surface area contributed by atoms with Crippen molar-refractivity contribution in [3.05, 3.63) is 82.0 Å². The molecule has 11 heteroatoms. The minimum Gasteiger partial charge on any atom is -0.478 e. The number of fused-ring (bicyclic) bond motifs is 1. The molecule has 2 aromatic heterocycles.